The number of aliphatic hydroxyl groups excluding tert-OH is 3. The van der Waals surface area contributed by atoms with Crippen LogP contribution in [0.25, 0.3) is 21.8 Å². The van der Waals surface area contributed by atoms with Gasteiger partial charge in [-0.05, 0) is 82.3 Å². The minimum absolute atomic E-state index is 0. The molecule has 95 heavy (non-hydrogen) atoms. The van der Waals surface area contributed by atoms with Gasteiger partial charge < -0.3 is 70.0 Å². The number of halogens is 7. The number of ketones is 1. The Morgan fingerprint density at radius 3 is 1.48 bits per heavy atom. The molecule has 0 aliphatic rings. The number of amides is 5. The Morgan fingerprint density at radius 1 is 0.663 bits per heavy atom. The van der Waals surface area contributed by atoms with Crippen LogP contribution in [0.2, 0.25) is 15.1 Å². The second-order valence-corrected chi connectivity index (χ2v) is 21.4. The Kier molecular flexibility index (Phi) is 46.9. The molecule has 0 fully saturated rings. The van der Waals surface area contributed by atoms with E-state index in [-0.39, 0.29) is 244 Å². The Labute approximate surface area is 652 Å². The van der Waals surface area contributed by atoms with Gasteiger partial charge in [0.25, 0.3) is 18.3 Å². The quantitative estimate of drug-likeness (QED) is 0.00971. The molecule has 0 radical (unpaired) electrons. The van der Waals surface area contributed by atoms with Crippen molar-refractivity contribution in [2.75, 3.05) is 38.8 Å². The normalized spacial score (nSPS) is 11.1. The first kappa shape index (κ1) is 90.0. The largest absolute Gasteiger partial charge is 1.00 e. The number of fused-ring (bicyclic) bond motifs is 2. The number of aryl methyl sites for hydroxylation is 1. The van der Waals surface area contributed by atoms with Crippen molar-refractivity contribution in [2.45, 2.75) is 97.2 Å². The average Bonchev–Trinajstić information content (AvgIpc) is 1.66. The maximum atomic E-state index is 14.1. The maximum Gasteiger partial charge on any atom is 1.00 e. The number of benzene rings is 5. The number of hydrogen-bond donors (Lipinski definition) is 10. The molecule has 2 aromatic heterocycles. The summed E-state index contributed by atoms with van der Waals surface area (Å²) in [5.74, 6) is -5.30. The minimum atomic E-state index is -1.02. The summed E-state index contributed by atoms with van der Waals surface area (Å²) in [7, 11) is 0. The van der Waals surface area contributed by atoms with E-state index in [1.165, 1.54) is 38.5 Å². The summed E-state index contributed by atoms with van der Waals surface area (Å²) in [6, 6.07) is 27.3. The number of carbonyl (C=O) groups is 8. The maximum absolute atomic E-state index is 14.1. The van der Waals surface area contributed by atoms with E-state index in [1.807, 2.05) is 13.8 Å². The number of primary amides is 2. The molecule has 0 saturated carbocycles. The van der Waals surface area contributed by atoms with Gasteiger partial charge >= 0.3 is 109 Å². The number of rotatable bonds is 27. The van der Waals surface area contributed by atoms with Crippen molar-refractivity contribution in [3.8, 4) is 0 Å². The number of aliphatic hydroxyl groups is 3. The zero-order valence-electron chi connectivity index (χ0n) is 53.7. The third-order valence-electron chi connectivity index (χ3n) is 12.7. The Morgan fingerprint density at radius 2 is 1.08 bits per heavy atom. The van der Waals surface area contributed by atoms with Crippen molar-refractivity contribution >= 4 is 116 Å². The van der Waals surface area contributed by atoms with E-state index in [4.69, 9.17) is 89.0 Å². The van der Waals surface area contributed by atoms with Crippen LogP contribution in [0.15, 0.2) is 103 Å². The number of aliphatic carboxylic acids is 1. The number of carboxylic acids is 1. The number of nitrogens with one attached hydrogen (secondary N) is 3. The Balaban J connectivity index is 0. The third-order valence-corrected chi connectivity index (χ3v) is 13.9. The number of hydrogen-bond acceptors (Lipinski definition) is 17. The smallest absolute Gasteiger partial charge is 1.00 e. The summed E-state index contributed by atoms with van der Waals surface area (Å²) in [4.78, 5) is 94.2. The fraction of sp³-hybridized carbons (Fsp3) is 0.344. The van der Waals surface area contributed by atoms with Crippen molar-refractivity contribution in [1.82, 2.24) is 40.4 Å². The van der Waals surface area contributed by atoms with Gasteiger partial charge in [0.2, 0.25) is 17.7 Å². The van der Waals surface area contributed by atoms with Crippen LogP contribution in [0.1, 0.15) is 85.5 Å². The van der Waals surface area contributed by atoms with Gasteiger partial charge in [-0.25, -0.2) is 13.2 Å². The molecule has 2 heterocycles. The van der Waals surface area contributed by atoms with Crippen LogP contribution in [-0.2, 0) is 66.3 Å². The zero-order chi connectivity index (χ0) is 69.7. The fourth-order valence-electron chi connectivity index (χ4n) is 7.92. The van der Waals surface area contributed by atoms with Gasteiger partial charge in [-0.1, -0.05) is 108 Å². The molecule has 0 aliphatic heterocycles. The van der Waals surface area contributed by atoms with E-state index < -0.39 is 53.1 Å². The van der Waals surface area contributed by atoms with Crippen molar-refractivity contribution in [1.29, 1.82) is 0 Å². The summed E-state index contributed by atoms with van der Waals surface area (Å²) in [5.41, 5.74) is 18.1. The second-order valence-electron chi connectivity index (χ2n) is 19.9. The first-order chi connectivity index (χ1) is 44.2. The molecule has 0 aliphatic carbocycles. The first-order valence-electron chi connectivity index (χ1n) is 28.2. The van der Waals surface area contributed by atoms with E-state index in [0.29, 0.717) is 52.2 Å². The SMILES string of the molecule is CC(CCO)N(CC(=O)NCc1cccc(Cl)c1F)C(=O)Cn1nc(C(N)=O)c2ccccc21.CC(CCO)NCC(=O)NCc1cccc(Cl)c1F.CC(N)CCO.NC(=O)c1nn(CC(=O)O)c2ccccc12.O=C(CCl)CCc1cccc(Cl)c1F.O=CO[O-].[H-].[K+].[K+]. The molecule has 25 nitrogen and oxygen atoms in total. The molecule has 7 rings (SSSR count). The molecule has 3 atom stereocenters. The molecule has 508 valence electrons. The summed E-state index contributed by atoms with van der Waals surface area (Å²) < 4.78 is 43.5. The van der Waals surface area contributed by atoms with Crippen molar-refractivity contribution in [2.24, 2.45) is 17.2 Å². The predicted molar refractivity (Wildman–Crippen MR) is 342 cm³/mol. The van der Waals surface area contributed by atoms with Crippen LogP contribution in [0, 0.1) is 17.5 Å². The van der Waals surface area contributed by atoms with Crippen LogP contribution in [0.4, 0.5) is 13.2 Å². The molecule has 5 amide bonds. The van der Waals surface area contributed by atoms with Gasteiger partial charge in [-0.15, -0.1) is 11.6 Å². The summed E-state index contributed by atoms with van der Waals surface area (Å²) in [5, 5.41) is 60.7. The molecule has 34 heteroatoms. The molecule has 13 N–H and O–H groups in total. The monoisotopic (exact) mass is 1460 g/mol. The average molecular weight is 1460 g/mol. The van der Waals surface area contributed by atoms with Crippen LogP contribution in [0.3, 0.4) is 0 Å². The first-order valence-corrected chi connectivity index (χ1v) is 29.8. The molecule has 0 spiro atoms. The van der Waals surface area contributed by atoms with E-state index in [1.54, 1.807) is 85.8 Å². The minimum Gasteiger partial charge on any atom is -1.00 e. The van der Waals surface area contributed by atoms with Crippen molar-refractivity contribution < 1.29 is 186 Å². The zero-order valence-corrected chi connectivity index (χ0v) is 62.0. The van der Waals surface area contributed by atoms with Gasteiger partial charge in [-0.2, -0.15) is 10.2 Å². The number of para-hydroxylation sites is 2. The van der Waals surface area contributed by atoms with Crippen molar-refractivity contribution in [3.05, 3.63) is 164 Å². The van der Waals surface area contributed by atoms with Crippen LogP contribution in [-0.4, -0.2) is 150 Å². The number of alkyl halides is 1. The summed E-state index contributed by atoms with van der Waals surface area (Å²) in [6.07, 6.45) is 2.13. The summed E-state index contributed by atoms with van der Waals surface area (Å²) >= 11 is 22.3. The second kappa shape index (κ2) is 49.5. The molecule has 0 bridgehead atoms. The van der Waals surface area contributed by atoms with Crippen LogP contribution in [0.5, 0.6) is 0 Å². The van der Waals surface area contributed by atoms with Crippen molar-refractivity contribution in [3.63, 3.8) is 0 Å². The molecule has 5 aromatic carbocycles. The number of nitrogens with zero attached hydrogens (tertiary/aromatic N) is 5. The number of nitrogens with two attached hydrogens (primary N) is 3. The fourth-order valence-corrected chi connectivity index (χ4v) is 8.63. The van der Waals surface area contributed by atoms with E-state index in [2.05, 4.69) is 31.0 Å². The van der Waals surface area contributed by atoms with Crippen LogP contribution < -0.4 is 141 Å². The number of Topliss-reactive ketones (excluding diaryl/α,β-unsaturated/α-hetero) is 1. The molecule has 0 saturated heterocycles. The number of carboxylic acid groups (broad SMARTS) is 1. The molecule has 7 aromatic rings. The standard InChI is InChI=1S/C23H25ClFN5O4.C13H18ClFN2O2.C10H9Cl2FO.C10H9N3O3.C4H11NO.CH2O3.2K.H/c1-14(9-10-31)29(12-19(32)27-11-15-5-4-7-17(24)21(15)25)20(33)13-30-18-8-3-2-6-16(18)22(28-30)23(26)34;1-9(5-6-18)16-8-12(19)17-7-10-3-2-4-11(14)13(10)15;11-6-8(14)5-4-7-2-1-3-9(12)10(7)13;11-10(16)9-6-3-1-2-4-7(6)13(12-9)5-8(14)15;1-4(5)2-3-6;2-1-4-3;;;/h2-8,14,31H,9-13H2,1H3,(H2,26,34)(H,27,32);2-4,9,16,18H,5-8H2,1H3,(H,17,19);1-3H,4-6H2;1-4H,5H2,(H2,11,16)(H,14,15);4,6H,2-3,5H2,1H3;1,3H;;;/q;;;;;;2*+1;-1/p-1. The molecular formula is C61H74Cl4F3K2N11O14. The molecular weight excluding hydrogens is 1390 g/mol. The Hall–Kier alpha value is -5.02. The van der Waals surface area contributed by atoms with Gasteiger partial charge in [0.15, 0.2) is 11.4 Å². The number of carbonyl (C=O) groups excluding carboxylic acids is 7. The van der Waals surface area contributed by atoms with Gasteiger partial charge in [0.05, 0.1) is 45.1 Å². The topological polar surface area (TPSA) is 403 Å². The number of aromatic nitrogens is 4. The van der Waals surface area contributed by atoms with Crippen LogP contribution >= 0.6 is 46.4 Å². The van der Waals surface area contributed by atoms with E-state index in [9.17, 15) is 51.8 Å². The van der Waals surface area contributed by atoms with E-state index in [0.717, 1.165) is 0 Å². The summed E-state index contributed by atoms with van der Waals surface area (Å²) in [6.45, 7) is 4.62. The third kappa shape index (κ3) is 32.9. The molecule has 3 unspecified atom stereocenters. The van der Waals surface area contributed by atoms with Gasteiger partial charge in [-0.3, -0.25) is 47.7 Å². The Bertz CT molecular complexity index is 3590. The predicted octanol–water partition coefficient (Wildman–Crippen LogP) is -0.990. The van der Waals surface area contributed by atoms with E-state index >= 15 is 0 Å². The van der Waals surface area contributed by atoms with Gasteiger partial charge in [0.1, 0.15) is 36.3 Å². The van der Waals surface area contributed by atoms with Gasteiger partial charge in [0, 0.05) is 79.4 Å².